The third kappa shape index (κ3) is 3.99. The second-order valence-electron chi connectivity index (χ2n) is 3.55. The molecule has 96 valence electrons. The number of aliphatic hydroxyl groups excluding tert-OH is 1. The third-order valence-corrected chi connectivity index (χ3v) is 3.25. The summed E-state index contributed by atoms with van der Waals surface area (Å²) in [6.45, 7) is 1.18. The molecule has 0 aliphatic rings. The number of aliphatic hydroxyl groups is 1. The summed E-state index contributed by atoms with van der Waals surface area (Å²) in [5, 5.41) is 10.8. The van der Waals surface area contributed by atoms with Gasteiger partial charge in [-0.15, -0.1) is 11.3 Å². The van der Waals surface area contributed by atoms with Crippen molar-refractivity contribution >= 4 is 23.1 Å². The average molecular weight is 258 g/mol. The molecule has 0 spiro atoms. The van der Waals surface area contributed by atoms with Gasteiger partial charge in [0.15, 0.2) is 0 Å². The average Bonchev–Trinajstić information content (AvgIpc) is 2.82. The summed E-state index contributed by atoms with van der Waals surface area (Å²) >= 11 is 1.42. The summed E-state index contributed by atoms with van der Waals surface area (Å²) in [5.41, 5.74) is 6.19. The maximum Gasteiger partial charge on any atom is 0.414 e. The molecule has 1 aromatic heterocycles. The number of nitrogens with zero attached hydrogens (tertiary/aromatic N) is 1. The molecule has 0 saturated carbocycles. The van der Waals surface area contributed by atoms with Crippen LogP contribution in [0.15, 0.2) is 11.4 Å². The number of methoxy groups -OCH3 is 1. The van der Waals surface area contributed by atoms with E-state index in [1.54, 1.807) is 11.0 Å². The van der Waals surface area contributed by atoms with Crippen LogP contribution in [0.4, 0.5) is 10.5 Å². The molecule has 0 aliphatic heterocycles. The Balaban J connectivity index is 2.71. The Labute approximate surface area is 105 Å². The highest BCUT2D eigenvalue weighted by Crippen LogP contribution is 2.24. The number of anilines is 1. The lowest BCUT2D eigenvalue weighted by Gasteiger charge is -2.19. The molecule has 1 heterocycles. The van der Waals surface area contributed by atoms with E-state index in [1.165, 1.54) is 18.4 Å². The largest absolute Gasteiger partial charge is 0.452 e. The van der Waals surface area contributed by atoms with E-state index in [0.717, 1.165) is 23.4 Å². The van der Waals surface area contributed by atoms with E-state index in [0.29, 0.717) is 13.1 Å². The summed E-state index contributed by atoms with van der Waals surface area (Å²) in [5.74, 6) is 0. The number of rotatable bonds is 6. The molecule has 1 amide bonds. The lowest BCUT2D eigenvalue weighted by Crippen LogP contribution is -2.31. The molecule has 1 aromatic rings. The van der Waals surface area contributed by atoms with Crippen LogP contribution in [-0.2, 0) is 11.3 Å². The van der Waals surface area contributed by atoms with Gasteiger partial charge in [0.25, 0.3) is 0 Å². The van der Waals surface area contributed by atoms with E-state index in [4.69, 9.17) is 15.6 Å². The maximum atomic E-state index is 11.6. The molecule has 5 nitrogen and oxygen atoms in total. The summed E-state index contributed by atoms with van der Waals surface area (Å²) in [6.07, 6.45) is 1.31. The molecular weight excluding hydrogens is 240 g/mol. The minimum atomic E-state index is -0.385. The number of nitrogens with two attached hydrogens (primary N) is 1. The molecule has 3 N–H and O–H groups in total. The number of hydrogen-bond acceptors (Lipinski definition) is 5. The van der Waals surface area contributed by atoms with Crippen molar-refractivity contribution < 1.29 is 14.6 Å². The summed E-state index contributed by atoms with van der Waals surface area (Å²) in [4.78, 5) is 14.0. The first kappa shape index (κ1) is 14.0. The van der Waals surface area contributed by atoms with Crippen LogP contribution in [-0.4, -0.2) is 31.4 Å². The number of carbonyl (C=O) groups excluding carboxylic acids is 1. The fourth-order valence-corrected chi connectivity index (χ4v) is 2.17. The van der Waals surface area contributed by atoms with Crippen molar-refractivity contribution in [3.05, 3.63) is 16.3 Å². The van der Waals surface area contributed by atoms with E-state index in [9.17, 15) is 4.79 Å². The SMILES string of the molecule is COC(=O)N(CCCCN)c1csc(CO)c1. The van der Waals surface area contributed by atoms with Crippen LogP contribution >= 0.6 is 11.3 Å². The first-order chi connectivity index (χ1) is 8.22. The highest BCUT2D eigenvalue weighted by atomic mass is 32.1. The van der Waals surface area contributed by atoms with E-state index in [-0.39, 0.29) is 12.7 Å². The van der Waals surface area contributed by atoms with Gasteiger partial charge in [-0.3, -0.25) is 4.90 Å². The molecule has 0 saturated heterocycles. The smallest absolute Gasteiger partial charge is 0.414 e. The van der Waals surface area contributed by atoms with E-state index < -0.39 is 0 Å². The van der Waals surface area contributed by atoms with Gasteiger partial charge in [-0.05, 0) is 25.5 Å². The standard InChI is InChI=1S/C11H18N2O3S/c1-16-11(15)13(5-3-2-4-12)9-6-10(7-14)17-8-9/h6,8,14H,2-5,7,12H2,1H3. The van der Waals surface area contributed by atoms with E-state index >= 15 is 0 Å². The van der Waals surface area contributed by atoms with Crippen molar-refractivity contribution in [2.75, 3.05) is 25.1 Å². The summed E-state index contributed by atoms with van der Waals surface area (Å²) in [7, 11) is 1.36. The monoisotopic (exact) mass is 258 g/mol. The number of ether oxygens (including phenoxy) is 1. The van der Waals surface area contributed by atoms with Crippen LogP contribution in [0.3, 0.4) is 0 Å². The van der Waals surface area contributed by atoms with Crippen LogP contribution in [0.1, 0.15) is 17.7 Å². The van der Waals surface area contributed by atoms with Crippen molar-refractivity contribution in [2.24, 2.45) is 5.73 Å². The quantitative estimate of drug-likeness (QED) is 0.759. The minimum absolute atomic E-state index is 0.0114. The van der Waals surface area contributed by atoms with Gasteiger partial charge in [-0.1, -0.05) is 0 Å². The zero-order chi connectivity index (χ0) is 12.7. The molecule has 0 bridgehead atoms. The Kier molecular flexibility index (Phi) is 5.96. The summed E-state index contributed by atoms with van der Waals surface area (Å²) in [6, 6.07) is 1.80. The Morgan fingerprint density at radius 1 is 1.59 bits per heavy atom. The predicted octanol–water partition coefficient (Wildman–Crippen LogP) is 1.55. The van der Waals surface area contributed by atoms with Gasteiger partial charge in [0.05, 0.1) is 19.4 Å². The Morgan fingerprint density at radius 3 is 2.88 bits per heavy atom. The Bertz CT molecular complexity index is 354. The molecular formula is C11H18N2O3S. The second-order valence-corrected chi connectivity index (χ2v) is 4.54. The first-order valence-electron chi connectivity index (χ1n) is 5.46. The van der Waals surface area contributed by atoms with Crippen LogP contribution in [0.5, 0.6) is 0 Å². The van der Waals surface area contributed by atoms with Crippen molar-refractivity contribution in [1.82, 2.24) is 0 Å². The highest BCUT2D eigenvalue weighted by molar-refractivity contribution is 7.10. The molecule has 1 rings (SSSR count). The zero-order valence-corrected chi connectivity index (χ0v) is 10.7. The van der Waals surface area contributed by atoms with Crippen molar-refractivity contribution in [3.8, 4) is 0 Å². The molecule has 0 aliphatic carbocycles. The first-order valence-corrected chi connectivity index (χ1v) is 6.34. The highest BCUT2D eigenvalue weighted by Gasteiger charge is 2.16. The fraction of sp³-hybridized carbons (Fsp3) is 0.545. The second kappa shape index (κ2) is 7.26. The predicted molar refractivity (Wildman–Crippen MR) is 68.3 cm³/mol. The van der Waals surface area contributed by atoms with Crippen LogP contribution in [0, 0.1) is 0 Å². The van der Waals surface area contributed by atoms with Gasteiger partial charge < -0.3 is 15.6 Å². The molecule has 17 heavy (non-hydrogen) atoms. The topological polar surface area (TPSA) is 75.8 Å². The van der Waals surface area contributed by atoms with Gasteiger partial charge in [0.2, 0.25) is 0 Å². The molecule has 0 fully saturated rings. The molecule has 0 aromatic carbocycles. The molecule has 0 atom stereocenters. The van der Waals surface area contributed by atoms with Crippen molar-refractivity contribution in [1.29, 1.82) is 0 Å². The van der Waals surface area contributed by atoms with Gasteiger partial charge in [-0.2, -0.15) is 0 Å². The number of unbranched alkanes of at least 4 members (excludes halogenated alkanes) is 1. The van der Waals surface area contributed by atoms with Gasteiger partial charge in [0, 0.05) is 16.8 Å². The normalized spacial score (nSPS) is 10.3. The zero-order valence-electron chi connectivity index (χ0n) is 9.89. The maximum absolute atomic E-state index is 11.6. The lowest BCUT2D eigenvalue weighted by molar-refractivity contribution is 0.178. The number of amides is 1. The van der Waals surface area contributed by atoms with Crippen molar-refractivity contribution in [3.63, 3.8) is 0 Å². The molecule has 0 radical (unpaired) electrons. The summed E-state index contributed by atoms with van der Waals surface area (Å²) < 4.78 is 4.74. The molecule has 0 unspecified atom stereocenters. The third-order valence-electron chi connectivity index (χ3n) is 2.34. The van der Waals surface area contributed by atoms with E-state index in [1.807, 2.05) is 5.38 Å². The van der Waals surface area contributed by atoms with Crippen LogP contribution in [0.25, 0.3) is 0 Å². The van der Waals surface area contributed by atoms with Crippen LogP contribution in [0.2, 0.25) is 0 Å². The van der Waals surface area contributed by atoms with Crippen molar-refractivity contribution in [2.45, 2.75) is 19.4 Å². The Hall–Kier alpha value is -1.11. The number of thiophene rings is 1. The number of hydrogen-bond donors (Lipinski definition) is 2. The van der Waals surface area contributed by atoms with E-state index in [2.05, 4.69) is 0 Å². The van der Waals surface area contributed by atoms with Gasteiger partial charge >= 0.3 is 6.09 Å². The lowest BCUT2D eigenvalue weighted by atomic mass is 10.3. The minimum Gasteiger partial charge on any atom is -0.452 e. The fourth-order valence-electron chi connectivity index (χ4n) is 1.44. The molecule has 6 heteroatoms. The van der Waals surface area contributed by atoms with Crippen LogP contribution < -0.4 is 10.6 Å². The number of carbonyl (C=O) groups is 1. The van der Waals surface area contributed by atoms with Gasteiger partial charge in [0.1, 0.15) is 0 Å². The van der Waals surface area contributed by atoms with Gasteiger partial charge in [-0.25, -0.2) is 4.79 Å². The Morgan fingerprint density at radius 2 is 2.35 bits per heavy atom.